The van der Waals surface area contributed by atoms with Gasteiger partial charge in [0, 0.05) is 6.07 Å². The second-order valence-electron chi connectivity index (χ2n) is 6.65. The summed E-state index contributed by atoms with van der Waals surface area (Å²) < 4.78 is 5.88. The van der Waals surface area contributed by atoms with Crippen LogP contribution in [0.1, 0.15) is 45.2 Å². The van der Waals surface area contributed by atoms with Crippen LogP contribution in [0.4, 0.5) is 5.69 Å². The highest BCUT2D eigenvalue weighted by Gasteiger charge is 2.22. The van der Waals surface area contributed by atoms with Crippen molar-refractivity contribution in [1.82, 2.24) is 0 Å². The number of benzene rings is 2. The number of nitrogens with zero attached hydrogens (tertiary/aromatic N) is 1. The highest BCUT2D eigenvalue weighted by atomic mass is 16.6. The summed E-state index contributed by atoms with van der Waals surface area (Å²) in [4.78, 5) is 11.0. The largest absolute Gasteiger partial charge is 0.450 e. The maximum absolute atomic E-state index is 11.4. The zero-order valence-electron chi connectivity index (χ0n) is 14.1. The summed E-state index contributed by atoms with van der Waals surface area (Å²) in [6, 6.07) is 12.9. The Hall–Kier alpha value is -2.36. The Kier molecular flexibility index (Phi) is 5.04. The van der Waals surface area contributed by atoms with Gasteiger partial charge in [0.2, 0.25) is 5.75 Å². The van der Waals surface area contributed by atoms with Gasteiger partial charge in [-0.25, -0.2) is 0 Å². The molecule has 23 heavy (non-hydrogen) atoms. The van der Waals surface area contributed by atoms with E-state index < -0.39 is 0 Å². The van der Waals surface area contributed by atoms with Crippen LogP contribution in [0.25, 0.3) is 0 Å². The molecule has 122 valence electrons. The van der Waals surface area contributed by atoms with Gasteiger partial charge >= 0.3 is 5.69 Å². The van der Waals surface area contributed by atoms with E-state index in [9.17, 15) is 10.1 Å². The minimum atomic E-state index is -0.382. The lowest BCUT2D eigenvalue weighted by atomic mass is 9.87. The average Bonchev–Trinajstić information content (AvgIpc) is 2.48. The number of nitro groups is 1. The first-order chi connectivity index (χ1) is 10.8. The molecule has 0 bridgehead atoms. The highest BCUT2D eigenvalue weighted by Crippen LogP contribution is 2.36. The molecular formula is C19H23NO3. The normalized spacial score (nSPS) is 11.3. The fraction of sp³-hybridized carbons (Fsp3) is 0.368. The van der Waals surface area contributed by atoms with E-state index >= 15 is 0 Å². The van der Waals surface area contributed by atoms with Gasteiger partial charge in [-0.1, -0.05) is 58.4 Å². The van der Waals surface area contributed by atoms with Crippen molar-refractivity contribution < 1.29 is 9.66 Å². The molecule has 2 rings (SSSR count). The van der Waals surface area contributed by atoms with Crippen molar-refractivity contribution in [3.63, 3.8) is 0 Å². The summed E-state index contributed by atoms with van der Waals surface area (Å²) in [5.41, 5.74) is 1.83. The molecule has 0 saturated heterocycles. The van der Waals surface area contributed by atoms with Gasteiger partial charge in [0.05, 0.1) is 4.92 Å². The molecule has 0 saturated carbocycles. The Morgan fingerprint density at radius 3 is 2.39 bits per heavy atom. The zero-order chi connectivity index (χ0) is 17.0. The molecule has 4 heteroatoms. The molecule has 2 aromatic carbocycles. The predicted octanol–water partition coefficient (Wildman–Crippen LogP) is 5.64. The molecule has 0 N–H and O–H groups in total. The van der Waals surface area contributed by atoms with Gasteiger partial charge in [0.1, 0.15) is 5.75 Å². The summed E-state index contributed by atoms with van der Waals surface area (Å²) in [6.45, 7) is 8.19. The lowest BCUT2D eigenvalue weighted by molar-refractivity contribution is -0.385. The Balaban J connectivity index is 2.42. The maximum Gasteiger partial charge on any atom is 0.311 e. The number of nitro benzene ring substituents is 1. The van der Waals surface area contributed by atoms with Gasteiger partial charge in [-0.15, -0.1) is 0 Å². The third kappa shape index (κ3) is 4.09. The van der Waals surface area contributed by atoms with Crippen LogP contribution in [0.2, 0.25) is 0 Å². The first-order valence-electron chi connectivity index (χ1n) is 7.87. The molecular weight excluding hydrogens is 290 g/mol. The summed E-state index contributed by atoms with van der Waals surface area (Å²) in [7, 11) is 0. The van der Waals surface area contributed by atoms with E-state index in [2.05, 4.69) is 6.92 Å². The van der Waals surface area contributed by atoms with Crippen molar-refractivity contribution in [2.75, 3.05) is 0 Å². The Bertz CT molecular complexity index is 702. The highest BCUT2D eigenvalue weighted by molar-refractivity contribution is 5.52. The second-order valence-corrected chi connectivity index (χ2v) is 6.65. The average molecular weight is 313 g/mol. The van der Waals surface area contributed by atoms with Crippen molar-refractivity contribution >= 4 is 5.69 Å². The molecule has 0 fully saturated rings. The molecule has 0 aliphatic heterocycles. The number of aryl methyl sites for hydroxylation is 1. The van der Waals surface area contributed by atoms with Crippen molar-refractivity contribution in [1.29, 1.82) is 0 Å². The SMILES string of the molecule is CCCc1ccccc1Oc1ccc(C(C)(C)C)cc1[N+](=O)[O-]. The molecule has 2 aromatic rings. The van der Waals surface area contributed by atoms with E-state index in [1.165, 1.54) is 0 Å². The van der Waals surface area contributed by atoms with Gasteiger partial charge in [0.15, 0.2) is 0 Å². The van der Waals surface area contributed by atoms with Crippen LogP contribution < -0.4 is 4.74 Å². The summed E-state index contributed by atoms with van der Waals surface area (Å²) in [5.74, 6) is 0.965. The van der Waals surface area contributed by atoms with Gasteiger partial charge in [-0.3, -0.25) is 10.1 Å². The van der Waals surface area contributed by atoms with Gasteiger partial charge in [-0.2, -0.15) is 0 Å². The predicted molar refractivity (Wildman–Crippen MR) is 92.3 cm³/mol. The van der Waals surface area contributed by atoms with Crippen LogP contribution >= 0.6 is 0 Å². The number of para-hydroxylation sites is 1. The quantitative estimate of drug-likeness (QED) is 0.530. The molecule has 0 aliphatic carbocycles. The number of hydrogen-bond donors (Lipinski definition) is 0. The van der Waals surface area contributed by atoms with Crippen LogP contribution in [0.3, 0.4) is 0 Å². The van der Waals surface area contributed by atoms with E-state index in [4.69, 9.17) is 4.74 Å². The molecule has 0 aromatic heterocycles. The molecule has 0 heterocycles. The van der Waals surface area contributed by atoms with Crippen molar-refractivity contribution in [2.24, 2.45) is 0 Å². The third-order valence-electron chi connectivity index (χ3n) is 3.73. The number of rotatable bonds is 5. The molecule has 0 atom stereocenters. The molecule has 0 spiro atoms. The fourth-order valence-corrected chi connectivity index (χ4v) is 2.41. The van der Waals surface area contributed by atoms with E-state index in [0.29, 0.717) is 5.75 Å². The van der Waals surface area contributed by atoms with E-state index in [1.807, 2.05) is 51.1 Å². The molecule has 0 aliphatic rings. The standard InChI is InChI=1S/C19H23NO3/c1-5-8-14-9-6-7-10-17(14)23-18-12-11-15(19(2,3)4)13-16(18)20(21)22/h6-7,9-13H,5,8H2,1-4H3. The number of hydrogen-bond acceptors (Lipinski definition) is 3. The third-order valence-corrected chi connectivity index (χ3v) is 3.73. The molecule has 0 radical (unpaired) electrons. The topological polar surface area (TPSA) is 52.4 Å². The van der Waals surface area contributed by atoms with Crippen molar-refractivity contribution in [3.8, 4) is 11.5 Å². The summed E-state index contributed by atoms with van der Waals surface area (Å²) in [6.07, 6.45) is 1.87. The van der Waals surface area contributed by atoms with Crippen molar-refractivity contribution in [3.05, 3.63) is 63.7 Å². The minimum absolute atomic E-state index is 0.00345. The smallest absolute Gasteiger partial charge is 0.311 e. The Morgan fingerprint density at radius 1 is 1.09 bits per heavy atom. The first-order valence-corrected chi connectivity index (χ1v) is 7.87. The van der Waals surface area contributed by atoms with Gasteiger partial charge in [-0.05, 0) is 35.1 Å². The zero-order valence-corrected chi connectivity index (χ0v) is 14.1. The van der Waals surface area contributed by atoms with Crippen LogP contribution in [0.5, 0.6) is 11.5 Å². The monoisotopic (exact) mass is 313 g/mol. The molecule has 4 nitrogen and oxygen atoms in total. The maximum atomic E-state index is 11.4. The van der Waals surface area contributed by atoms with E-state index in [-0.39, 0.29) is 21.8 Å². The van der Waals surface area contributed by atoms with Crippen LogP contribution in [0.15, 0.2) is 42.5 Å². The van der Waals surface area contributed by atoms with Gasteiger partial charge in [0.25, 0.3) is 0 Å². The Morgan fingerprint density at radius 2 is 1.78 bits per heavy atom. The van der Waals surface area contributed by atoms with Crippen molar-refractivity contribution in [2.45, 2.75) is 46.0 Å². The minimum Gasteiger partial charge on any atom is -0.450 e. The molecule has 0 amide bonds. The lowest BCUT2D eigenvalue weighted by Crippen LogP contribution is -2.11. The lowest BCUT2D eigenvalue weighted by Gasteiger charge is -2.19. The summed E-state index contributed by atoms with van der Waals surface area (Å²) in [5, 5.41) is 11.4. The Labute approximate surface area is 137 Å². The fourth-order valence-electron chi connectivity index (χ4n) is 2.41. The van der Waals surface area contributed by atoms with Crippen LogP contribution in [-0.4, -0.2) is 4.92 Å². The van der Waals surface area contributed by atoms with Gasteiger partial charge < -0.3 is 4.74 Å². The van der Waals surface area contributed by atoms with Crippen LogP contribution in [-0.2, 0) is 11.8 Å². The number of ether oxygens (including phenoxy) is 1. The van der Waals surface area contributed by atoms with Crippen LogP contribution in [0, 0.1) is 10.1 Å². The summed E-state index contributed by atoms with van der Waals surface area (Å²) >= 11 is 0. The van der Waals surface area contributed by atoms with E-state index in [1.54, 1.807) is 12.1 Å². The molecule has 0 unspecified atom stereocenters. The first kappa shape index (κ1) is 17.0. The second kappa shape index (κ2) is 6.82. The van der Waals surface area contributed by atoms with E-state index in [0.717, 1.165) is 24.0 Å².